The Hall–Kier alpha value is -1.41. The lowest BCUT2D eigenvalue weighted by molar-refractivity contribution is 0.0523. The highest BCUT2D eigenvalue weighted by Gasteiger charge is 2.24. The van der Waals surface area contributed by atoms with E-state index in [-0.39, 0.29) is 23.6 Å². The highest BCUT2D eigenvalue weighted by Crippen LogP contribution is 2.26. The Morgan fingerprint density at radius 3 is 2.88 bits per heavy atom. The van der Waals surface area contributed by atoms with Crippen molar-refractivity contribution in [1.82, 2.24) is 9.47 Å². The van der Waals surface area contributed by atoms with Gasteiger partial charge in [-0.05, 0) is 73.6 Å². The van der Waals surface area contributed by atoms with Crippen LogP contribution in [0.2, 0.25) is 0 Å². The number of rotatable bonds is 4. The van der Waals surface area contributed by atoms with E-state index in [1.165, 1.54) is 0 Å². The molecule has 2 heterocycles. The maximum atomic E-state index is 12.8. The number of likely N-dealkylation sites (tertiary alicyclic amines) is 1. The highest BCUT2D eigenvalue weighted by molar-refractivity contribution is 14.1. The van der Waals surface area contributed by atoms with Gasteiger partial charge in [0.2, 0.25) is 5.43 Å². The van der Waals surface area contributed by atoms with Gasteiger partial charge < -0.3 is 14.2 Å². The largest absolute Gasteiger partial charge is 0.462 e. The molecule has 3 rings (SSSR count). The van der Waals surface area contributed by atoms with Gasteiger partial charge >= 0.3 is 5.97 Å². The van der Waals surface area contributed by atoms with Gasteiger partial charge in [-0.2, -0.15) is 0 Å². The second kappa shape index (κ2) is 7.86. The summed E-state index contributed by atoms with van der Waals surface area (Å²) in [6, 6.07) is 6.10. The normalized spacial score (nSPS) is 18.4. The van der Waals surface area contributed by atoms with Crippen molar-refractivity contribution in [2.45, 2.75) is 32.7 Å². The number of carbonyl (C=O) groups is 1. The zero-order valence-corrected chi connectivity index (χ0v) is 16.8. The van der Waals surface area contributed by atoms with Crippen LogP contribution in [0.4, 0.5) is 0 Å². The van der Waals surface area contributed by atoms with Gasteiger partial charge in [-0.3, -0.25) is 4.79 Å². The average molecular weight is 454 g/mol. The lowest BCUT2D eigenvalue weighted by Crippen LogP contribution is -2.37. The van der Waals surface area contributed by atoms with Gasteiger partial charge in [-0.15, -0.1) is 0 Å². The van der Waals surface area contributed by atoms with E-state index in [0.29, 0.717) is 5.39 Å². The van der Waals surface area contributed by atoms with Crippen molar-refractivity contribution in [2.24, 2.45) is 0 Å². The van der Waals surface area contributed by atoms with E-state index in [4.69, 9.17) is 4.74 Å². The van der Waals surface area contributed by atoms with Crippen molar-refractivity contribution < 1.29 is 9.53 Å². The van der Waals surface area contributed by atoms with Crippen LogP contribution in [-0.4, -0.2) is 41.7 Å². The molecule has 134 valence electrons. The number of fused-ring (bicyclic) bond motifs is 1. The van der Waals surface area contributed by atoms with Gasteiger partial charge in [0, 0.05) is 27.7 Å². The summed E-state index contributed by atoms with van der Waals surface area (Å²) in [7, 11) is 0. The molecule has 5 nitrogen and oxygen atoms in total. The monoisotopic (exact) mass is 454 g/mol. The molecule has 1 fully saturated rings. The van der Waals surface area contributed by atoms with E-state index in [0.717, 1.165) is 41.6 Å². The molecular formula is C19H23IN2O3. The lowest BCUT2D eigenvalue weighted by Gasteiger charge is -2.34. The summed E-state index contributed by atoms with van der Waals surface area (Å²) in [6.45, 7) is 7.22. The molecule has 1 aromatic heterocycles. The molecule has 0 unspecified atom stereocenters. The molecule has 1 saturated heterocycles. The van der Waals surface area contributed by atoms with E-state index >= 15 is 0 Å². The number of nitrogens with zero attached hydrogens (tertiary/aromatic N) is 2. The van der Waals surface area contributed by atoms with Gasteiger partial charge in [-0.25, -0.2) is 4.79 Å². The fraction of sp³-hybridized carbons (Fsp3) is 0.474. The first-order valence-electron chi connectivity index (χ1n) is 8.79. The summed E-state index contributed by atoms with van der Waals surface area (Å²) >= 11 is 2.19. The minimum Gasteiger partial charge on any atom is -0.462 e. The molecular weight excluding hydrogens is 431 g/mol. The van der Waals surface area contributed by atoms with Crippen molar-refractivity contribution >= 4 is 39.5 Å². The summed E-state index contributed by atoms with van der Waals surface area (Å²) in [5.74, 6) is -0.537. The maximum absolute atomic E-state index is 12.8. The quantitative estimate of drug-likeness (QED) is 0.525. The lowest BCUT2D eigenvalue weighted by atomic mass is 10.0. The number of halogens is 1. The van der Waals surface area contributed by atoms with Crippen LogP contribution in [0.25, 0.3) is 10.9 Å². The summed E-state index contributed by atoms with van der Waals surface area (Å²) in [5, 5.41) is 0.589. The summed E-state index contributed by atoms with van der Waals surface area (Å²) in [4.78, 5) is 27.5. The molecule has 0 bridgehead atoms. The Kier molecular flexibility index (Phi) is 5.78. The van der Waals surface area contributed by atoms with E-state index in [1.54, 1.807) is 13.1 Å². The molecule has 0 amide bonds. The van der Waals surface area contributed by atoms with Crippen LogP contribution in [0, 0.1) is 3.57 Å². The molecule has 25 heavy (non-hydrogen) atoms. The van der Waals surface area contributed by atoms with Crippen LogP contribution >= 0.6 is 22.6 Å². The minimum absolute atomic E-state index is 0.130. The van der Waals surface area contributed by atoms with E-state index in [9.17, 15) is 9.59 Å². The number of pyridine rings is 1. The number of ether oxygens (including phenoxy) is 1. The Balaban J connectivity index is 2.17. The van der Waals surface area contributed by atoms with Crippen LogP contribution in [0.5, 0.6) is 0 Å². The smallest absolute Gasteiger partial charge is 0.343 e. The molecule has 0 spiro atoms. The fourth-order valence-electron chi connectivity index (χ4n) is 3.53. The minimum atomic E-state index is -0.537. The number of likely N-dealkylation sites (N-methyl/N-ethyl adjacent to an activating group) is 1. The topological polar surface area (TPSA) is 51.5 Å². The SMILES string of the molecule is CCOC(=O)c1cn([C@@H]2CCCN(CC)C2)c2ccc(I)cc2c1=O. The van der Waals surface area contributed by atoms with Crippen molar-refractivity contribution in [3.63, 3.8) is 0 Å². The third kappa shape index (κ3) is 3.74. The molecule has 1 aromatic carbocycles. The Bertz CT molecular complexity index is 846. The number of carbonyl (C=O) groups excluding carboxylic acids is 1. The van der Waals surface area contributed by atoms with Gasteiger partial charge in [0.1, 0.15) is 5.56 Å². The fourth-order valence-corrected chi connectivity index (χ4v) is 4.02. The van der Waals surface area contributed by atoms with E-state index < -0.39 is 5.97 Å². The number of hydrogen-bond acceptors (Lipinski definition) is 4. The average Bonchev–Trinajstić information content (AvgIpc) is 2.62. The Labute approximate surface area is 161 Å². The number of piperidine rings is 1. The molecule has 0 radical (unpaired) electrons. The predicted molar refractivity (Wildman–Crippen MR) is 107 cm³/mol. The number of benzene rings is 1. The number of hydrogen-bond donors (Lipinski definition) is 0. The molecule has 6 heteroatoms. The van der Waals surface area contributed by atoms with Gasteiger partial charge in [0.25, 0.3) is 0 Å². The highest BCUT2D eigenvalue weighted by atomic mass is 127. The van der Waals surface area contributed by atoms with Crippen molar-refractivity contribution in [1.29, 1.82) is 0 Å². The van der Waals surface area contributed by atoms with E-state index in [2.05, 4.69) is 39.0 Å². The summed E-state index contributed by atoms with van der Waals surface area (Å²) < 4.78 is 8.20. The Morgan fingerprint density at radius 2 is 2.16 bits per heavy atom. The molecule has 0 saturated carbocycles. The molecule has 2 aromatic rings. The molecule has 0 N–H and O–H groups in total. The third-order valence-electron chi connectivity index (χ3n) is 4.81. The molecule has 1 atom stereocenters. The number of aromatic nitrogens is 1. The van der Waals surface area contributed by atoms with Gasteiger partial charge in [-0.1, -0.05) is 6.92 Å². The van der Waals surface area contributed by atoms with Crippen LogP contribution in [0.1, 0.15) is 43.1 Å². The summed E-state index contributed by atoms with van der Waals surface area (Å²) in [5.41, 5.74) is 0.776. The van der Waals surface area contributed by atoms with Crippen molar-refractivity contribution in [3.8, 4) is 0 Å². The predicted octanol–water partition coefficient (Wildman–Crippen LogP) is 3.44. The standard InChI is InChI=1S/C19H23IN2O3/c1-3-21-9-5-6-14(11-21)22-12-16(19(24)25-4-2)18(23)15-10-13(20)7-8-17(15)22/h7-8,10,12,14H,3-6,9,11H2,1-2H3/t14-/m1/s1. The first-order chi connectivity index (χ1) is 12.0. The third-order valence-corrected chi connectivity index (χ3v) is 5.48. The molecule has 0 aliphatic carbocycles. The van der Waals surface area contributed by atoms with Crippen LogP contribution in [-0.2, 0) is 4.74 Å². The molecule has 1 aliphatic rings. The van der Waals surface area contributed by atoms with E-state index in [1.807, 2.05) is 18.2 Å². The van der Waals surface area contributed by atoms with Crippen LogP contribution in [0.3, 0.4) is 0 Å². The first-order valence-corrected chi connectivity index (χ1v) is 9.86. The van der Waals surface area contributed by atoms with Crippen molar-refractivity contribution in [2.75, 3.05) is 26.2 Å². The van der Waals surface area contributed by atoms with Gasteiger partial charge in [0.15, 0.2) is 0 Å². The van der Waals surface area contributed by atoms with Crippen LogP contribution in [0.15, 0.2) is 29.2 Å². The summed E-state index contributed by atoms with van der Waals surface area (Å²) in [6.07, 6.45) is 3.87. The zero-order chi connectivity index (χ0) is 18.0. The van der Waals surface area contributed by atoms with Gasteiger partial charge in [0.05, 0.1) is 12.1 Å². The second-order valence-corrected chi connectivity index (χ2v) is 7.60. The first kappa shape index (κ1) is 18.4. The zero-order valence-electron chi connectivity index (χ0n) is 14.6. The van der Waals surface area contributed by atoms with Crippen molar-refractivity contribution in [3.05, 3.63) is 43.8 Å². The maximum Gasteiger partial charge on any atom is 0.343 e. The number of esters is 1. The van der Waals surface area contributed by atoms with Crippen LogP contribution < -0.4 is 5.43 Å². The molecule has 1 aliphatic heterocycles. The Morgan fingerprint density at radius 1 is 1.36 bits per heavy atom. The second-order valence-electron chi connectivity index (χ2n) is 6.35.